The largest absolute Gasteiger partial charge is 0.358 e. The lowest BCUT2D eigenvalue weighted by Gasteiger charge is -2.19. The third kappa shape index (κ3) is 1.97. The summed E-state index contributed by atoms with van der Waals surface area (Å²) in [5.41, 5.74) is 0. The van der Waals surface area contributed by atoms with Crippen molar-refractivity contribution in [1.82, 2.24) is 9.97 Å². The molecule has 0 spiro atoms. The Morgan fingerprint density at radius 2 is 2.38 bits per heavy atom. The first-order valence-electron chi connectivity index (χ1n) is 5.01. The molecule has 0 N–H and O–H groups in total. The van der Waals surface area contributed by atoms with Crippen LogP contribution >= 0.6 is 11.3 Å². The minimum absolute atomic E-state index is 0.00588. The van der Waals surface area contributed by atoms with Crippen LogP contribution in [-0.4, -0.2) is 23.6 Å². The molecule has 0 amide bonds. The zero-order chi connectivity index (χ0) is 11.5. The minimum Gasteiger partial charge on any atom is -0.358 e. The second-order valence-electron chi connectivity index (χ2n) is 3.75. The smallest absolute Gasteiger partial charge is 0.140 e. The molecule has 1 unspecified atom stereocenters. The standard InChI is InChI=1S/C11H12N4S/c1-8(5-12)6-15(2)10-9-3-4-16-11(9)14-7-13-10/h3-4,7-8H,6H2,1-2H3. The molecule has 0 saturated heterocycles. The monoisotopic (exact) mass is 232 g/mol. The molecule has 2 rings (SSSR count). The van der Waals surface area contributed by atoms with E-state index in [-0.39, 0.29) is 5.92 Å². The highest BCUT2D eigenvalue weighted by Gasteiger charge is 2.11. The van der Waals surface area contributed by atoms with Crippen LogP contribution in [0, 0.1) is 17.2 Å². The van der Waals surface area contributed by atoms with Crippen molar-refractivity contribution in [2.75, 3.05) is 18.5 Å². The number of nitriles is 1. The number of aromatic nitrogens is 2. The maximum Gasteiger partial charge on any atom is 0.140 e. The van der Waals surface area contributed by atoms with Crippen LogP contribution < -0.4 is 4.90 Å². The lowest BCUT2D eigenvalue weighted by Crippen LogP contribution is -2.24. The van der Waals surface area contributed by atoms with Gasteiger partial charge >= 0.3 is 0 Å². The fourth-order valence-corrected chi connectivity index (χ4v) is 2.35. The van der Waals surface area contributed by atoms with Crippen molar-refractivity contribution in [2.24, 2.45) is 5.92 Å². The molecule has 16 heavy (non-hydrogen) atoms. The summed E-state index contributed by atoms with van der Waals surface area (Å²) in [6.45, 7) is 2.58. The van der Waals surface area contributed by atoms with Crippen LogP contribution in [0.5, 0.6) is 0 Å². The van der Waals surface area contributed by atoms with Gasteiger partial charge in [0, 0.05) is 13.6 Å². The normalized spacial score (nSPS) is 12.3. The molecular formula is C11H12N4S. The van der Waals surface area contributed by atoms with E-state index < -0.39 is 0 Å². The van der Waals surface area contributed by atoms with E-state index in [4.69, 9.17) is 5.26 Å². The molecule has 2 heterocycles. The van der Waals surface area contributed by atoms with Crippen LogP contribution in [0.1, 0.15) is 6.92 Å². The highest BCUT2D eigenvalue weighted by molar-refractivity contribution is 7.16. The Balaban J connectivity index is 2.32. The number of hydrogen-bond acceptors (Lipinski definition) is 5. The van der Waals surface area contributed by atoms with E-state index in [9.17, 15) is 0 Å². The van der Waals surface area contributed by atoms with E-state index in [2.05, 4.69) is 16.0 Å². The Labute approximate surface area is 98.2 Å². The van der Waals surface area contributed by atoms with E-state index in [1.807, 2.05) is 30.3 Å². The van der Waals surface area contributed by atoms with Gasteiger partial charge in [-0.15, -0.1) is 11.3 Å². The molecule has 0 aliphatic rings. The van der Waals surface area contributed by atoms with Gasteiger partial charge in [0.25, 0.3) is 0 Å². The zero-order valence-electron chi connectivity index (χ0n) is 9.21. The second-order valence-corrected chi connectivity index (χ2v) is 4.64. The highest BCUT2D eigenvalue weighted by atomic mass is 32.1. The summed E-state index contributed by atoms with van der Waals surface area (Å²) in [4.78, 5) is 11.5. The van der Waals surface area contributed by atoms with Crippen LogP contribution in [-0.2, 0) is 0 Å². The molecule has 4 nitrogen and oxygen atoms in total. The molecular weight excluding hydrogens is 220 g/mol. The summed E-state index contributed by atoms with van der Waals surface area (Å²) >= 11 is 1.60. The lowest BCUT2D eigenvalue weighted by molar-refractivity contribution is 0.711. The van der Waals surface area contributed by atoms with Crippen LogP contribution in [0.2, 0.25) is 0 Å². The predicted octanol–water partition coefficient (Wildman–Crippen LogP) is 2.29. The Bertz CT molecular complexity index is 528. The third-order valence-electron chi connectivity index (χ3n) is 2.37. The van der Waals surface area contributed by atoms with Gasteiger partial charge in [0.15, 0.2) is 0 Å². The van der Waals surface area contributed by atoms with Crippen molar-refractivity contribution in [3.05, 3.63) is 17.8 Å². The summed E-state index contributed by atoms with van der Waals surface area (Å²) in [6, 6.07) is 4.24. The summed E-state index contributed by atoms with van der Waals surface area (Å²) in [5, 5.41) is 11.9. The number of hydrogen-bond donors (Lipinski definition) is 0. The molecule has 2 aromatic heterocycles. The molecule has 0 radical (unpaired) electrons. The number of thiophene rings is 1. The summed E-state index contributed by atoms with van der Waals surface area (Å²) in [5.74, 6) is 0.891. The average molecular weight is 232 g/mol. The number of rotatable bonds is 3. The number of nitrogens with zero attached hydrogens (tertiary/aromatic N) is 4. The van der Waals surface area contributed by atoms with Crippen molar-refractivity contribution in [2.45, 2.75) is 6.92 Å². The van der Waals surface area contributed by atoms with Gasteiger partial charge in [0.1, 0.15) is 17.0 Å². The maximum absolute atomic E-state index is 8.80. The van der Waals surface area contributed by atoms with Gasteiger partial charge in [0.05, 0.1) is 17.4 Å². The van der Waals surface area contributed by atoms with Gasteiger partial charge in [-0.05, 0) is 18.4 Å². The first-order valence-corrected chi connectivity index (χ1v) is 5.89. The second kappa shape index (κ2) is 4.45. The Morgan fingerprint density at radius 1 is 1.56 bits per heavy atom. The van der Waals surface area contributed by atoms with Crippen molar-refractivity contribution in [3.8, 4) is 6.07 Å². The van der Waals surface area contributed by atoms with Crippen LogP contribution in [0.4, 0.5) is 5.82 Å². The minimum atomic E-state index is -0.00588. The first kappa shape index (κ1) is 10.8. The van der Waals surface area contributed by atoms with Crippen molar-refractivity contribution >= 4 is 27.4 Å². The molecule has 0 saturated carbocycles. The van der Waals surface area contributed by atoms with E-state index in [1.165, 1.54) is 0 Å². The lowest BCUT2D eigenvalue weighted by atomic mass is 10.2. The van der Waals surface area contributed by atoms with E-state index in [1.54, 1.807) is 17.7 Å². The maximum atomic E-state index is 8.80. The number of anilines is 1. The van der Waals surface area contributed by atoms with Gasteiger partial charge in [-0.3, -0.25) is 0 Å². The van der Waals surface area contributed by atoms with E-state index >= 15 is 0 Å². The molecule has 0 aromatic carbocycles. The predicted molar refractivity (Wildman–Crippen MR) is 65.5 cm³/mol. The molecule has 1 atom stereocenters. The number of fused-ring (bicyclic) bond motifs is 1. The Morgan fingerprint density at radius 3 is 3.12 bits per heavy atom. The van der Waals surface area contributed by atoms with Gasteiger partial charge in [0.2, 0.25) is 0 Å². The van der Waals surface area contributed by atoms with Gasteiger partial charge in [-0.2, -0.15) is 5.26 Å². The van der Waals surface area contributed by atoms with Crippen LogP contribution in [0.15, 0.2) is 17.8 Å². The summed E-state index contributed by atoms with van der Waals surface area (Å²) in [7, 11) is 1.95. The van der Waals surface area contributed by atoms with Crippen LogP contribution in [0.3, 0.4) is 0 Å². The fraction of sp³-hybridized carbons (Fsp3) is 0.364. The SMILES string of the molecule is CC(C#N)CN(C)c1ncnc2sccc12. The average Bonchev–Trinajstić information content (AvgIpc) is 2.76. The summed E-state index contributed by atoms with van der Waals surface area (Å²) < 4.78 is 0. The zero-order valence-corrected chi connectivity index (χ0v) is 10.0. The molecule has 82 valence electrons. The first-order chi connectivity index (χ1) is 7.72. The Kier molecular flexibility index (Phi) is 3.02. The van der Waals surface area contributed by atoms with Crippen molar-refractivity contribution < 1.29 is 0 Å². The molecule has 0 bridgehead atoms. The topological polar surface area (TPSA) is 52.8 Å². The highest BCUT2D eigenvalue weighted by Crippen LogP contribution is 2.26. The van der Waals surface area contributed by atoms with Crippen LogP contribution in [0.25, 0.3) is 10.2 Å². The van der Waals surface area contributed by atoms with Gasteiger partial charge in [-0.25, -0.2) is 9.97 Å². The molecule has 2 aromatic rings. The molecule has 5 heteroatoms. The van der Waals surface area contributed by atoms with Crippen molar-refractivity contribution in [3.63, 3.8) is 0 Å². The molecule has 0 fully saturated rings. The summed E-state index contributed by atoms with van der Waals surface area (Å²) in [6.07, 6.45) is 1.57. The van der Waals surface area contributed by atoms with Crippen molar-refractivity contribution in [1.29, 1.82) is 5.26 Å². The quantitative estimate of drug-likeness (QED) is 0.814. The van der Waals surface area contributed by atoms with Gasteiger partial charge < -0.3 is 4.90 Å². The molecule has 0 aliphatic carbocycles. The van der Waals surface area contributed by atoms with E-state index in [0.29, 0.717) is 6.54 Å². The Hall–Kier alpha value is -1.67. The van der Waals surface area contributed by atoms with E-state index in [0.717, 1.165) is 16.0 Å². The fourth-order valence-electron chi connectivity index (χ4n) is 1.62. The van der Waals surface area contributed by atoms with Gasteiger partial charge in [-0.1, -0.05) is 0 Å². The molecule has 0 aliphatic heterocycles. The third-order valence-corrected chi connectivity index (χ3v) is 3.19.